The van der Waals surface area contributed by atoms with Crippen LogP contribution < -0.4 is 20.1 Å². The van der Waals surface area contributed by atoms with Crippen LogP contribution in [0.1, 0.15) is 65.6 Å². The Labute approximate surface area is 226 Å². The first kappa shape index (κ1) is 25.2. The van der Waals surface area contributed by atoms with E-state index in [9.17, 15) is 14.4 Å². The van der Waals surface area contributed by atoms with Crippen molar-refractivity contribution in [2.45, 2.75) is 57.2 Å². The maximum absolute atomic E-state index is 13.9. The van der Waals surface area contributed by atoms with Gasteiger partial charge in [0.05, 0.1) is 19.0 Å². The molecule has 1 aliphatic heterocycles. The Morgan fingerprint density at radius 2 is 2.03 bits per heavy atom. The van der Waals surface area contributed by atoms with E-state index in [2.05, 4.69) is 15.6 Å². The van der Waals surface area contributed by atoms with Crippen molar-refractivity contribution >= 4 is 28.7 Å². The molecule has 6 rings (SSSR count). The Morgan fingerprint density at radius 3 is 2.74 bits per heavy atom. The van der Waals surface area contributed by atoms with Crippen LogP contribution in [0.15, 0.2) is 40.9 Å². The normalized spacial score (nSPS) is 21.0. The Bertz CT molecular complexity index is 1440. The zero-order chi connectivity index (χ0) is 27.1. The molecule has 39 heavy (non-hydrogen) atoms. The molecule has 3 amide bonds. The first-order valence-corrected chi connectivity index (χ1v) is 13.5. The van der Waals surface area contributed by atoms with E-state index in [0.29, 0.717) is 46.2 Å². The number of fused-ring (bicyclic) bond motifs is 3. The molecule has 2 aromatic heterocycles. The molecule has 2 fully saturated rings. The molecule has 1 aromatic carbocycles. The van der Waals surface area contributed by atoms with Crippen molar-refractivity contribution in [1.29, 1.82) is 0 Å². The highest BCUT2D eigenvalue weighted by Crippen LogP contribution is 2.41. The van der Waals surface area contributed by atoms with Crippen molar-refractivity contribution in [3.05, 3.63) is 53.5 Å². The third kappa shape index (κ3) is 4.68. The number of pyridine rings is 1. The monoisotopic (exact) mass is 532 g/mol. The standard InChI is InChI=1S/C29H32N4O6/c1-29(28(36)31-14-21-22(37-2)7-4-12-30-21)16-38-24-20-11-10-18(26(34)32-19-5-3-6-19)13-23(20)39-25(24)27(35)33(29)15-17-8-9-17/h4,7,10-13,17,19H,3,5-6,8-9,14-16H2,1-2H3,(H,31,36)(H,32,34). The van der Waals surface area contributed by atoms with Gasteiger partial charge in [-0.1, -0.05) is 0 Å². The smallest absolute Gasteiger partial charge is 0.294 e. The summed E-state index contributed by atoms with van der Waals surface area (Å²) >= 11 is 0. The molecule has 10 heteroatoms. The molecule has 0 bridgehead atoms. The number of aromatic nitrogens is 1. The van der Waals surface area contributed by atoms with E-state index in [1.54, 1.807) is 55.5 Å². The Balaban J connectivity index is 1.27. The van der Waals surface area contributed by atoms with Crippen molar-refractivity contribution in [1.82, 2.24) is 20.5 Å². The van der Waals surface area contributed by atoms with Crippen molar-refractivity contribution < 1.29 is 28.3 Å². The summed E-state index contributed by atoms with van der Waals surface area (Å²) in [7, 11) is 1.55. The highest BCUT2D eigenvalue weighted by atomic mass is 16.5. The number of carbonyl (C=O) groups is 3. The van der Waals surface area contributed by atoms with Gasteiger partial charge >= 0.3 is 0 Å². The predicted molar refractivity (Wildman–Crippen MR) is 142 cm³/mol. The van der Waals surface area contributed by atoms with Crippen LogP contribution in [0.3, 0.4) is 0 Å². The first-order chi connectivity index (χ1) is 18.9. The summed E-state index contributed by atoms with van der Waals surface area (Å²) in [6.07, 6.45) is 6.74. The van der Waals surface area contributed by atoms with E-state index in [-0.39, 0.29) is 36.8 Å². The summed E-state index contributed by atoms with van der Waals surface area (Å²) in [5, 5.41) is 6.54. The molecule has 0 radical (unpaired) electrons. The SMILES string of the molecule is COc1cccnc1CNC(=O)C1(C)COc2c(oc3cc(C(=O)NC4CCC4)ccc23)C(=O)N1CC1CC1. The van der Waals surface area contributed by atoms with E-state index in [0.717, 1.165) is 32.1 Å². The van der Waals surface area contributed by atoms with Gasteiger partial charge in [0.2, 0.25) is 11.7 Å². The molecule has 1 atom stereocenters. The third-order valence-corrected chi connectivity index (χ3v) is 7.99. The minimum atomic E-state index is -1.28. The fraction of sp³-hybridized carbons (Fsp3) is 0.448. The van der Waals surface area contributed by atoms with Gasteiger partial charge in [0.25, 0.3) is 11.8 Å². The number of methoxy groups -OCH3 is 1. The van der Waals surface area contributed by atoms with Gasteiger partial charge in [-0.3, -0.25) is 19.4 Å². The van der Waals surface area contributed by atoms with E-state index in [1.165, 1.54) is 0 Å². The zero-order valence-corrected chi connectivity index (χ0v) is 22.1. The summed E-state index contributed by atoms with van der Waals surface area (Å²) in [6, 6.07) is 8.84. The number of hydrogen-bond donors (Lipinski definition) is 2. The van der Waals surface area contributed by atoms with Crippen LogP contribution in [0.2, 0.25) is 0 Å². The second-order valence-electron chi connectivity index (χ2n) is 10.8. The Kier molecular flexibility index (Phi) is 6.40. The first-order valence-electron chi connectivity index (χ1n) is 13.5. The Morgan fingerprint density at radius 1 is 1.21 bits per heavy atom. The van der Waals surface area contributed by atoms with E-state index in [1.807, 2.05) is 0 Å². The fourth-order valence-electron chi connectivity index (χ4n) is 5.08. The summed E-state index contributed by atoms with van der Waals surface area (Å²) in [4.78, 5) is 46.2. The zero-order valence-electron chi connectivity index (χ0n) is 22.1. The number of carbonyl (C=O) groups excluding carboxylic acids is 3. The molecule has 2 saturated carbocycles. The molecule has 2 aliphatic carbocycles. The Hall–Kier alpha value is -4.08. The maximum atomic E-state index is 13.9. The molecule has 1 unspecified atom stereocenters. The molecule has 10 nitrogen and oxygen atoms in total. The highest BCUT2D eigenvalue weighted by Gasteiger charge is 2.49. The highest BCUT2D eigenvalue weighted by molar-refractivity contribution is 6.06. The van der Waals surface area contributed by atoms with Crippen LogP contribution in [0.4, 0.5) is 0 Å². The number of benzene rings is 1. The third-order valence-electron chi connectivity index (χ3n) is 7.99. The lowest BCUT2D eigenvalue weighted by Crippen LogP contribution is -2.61. The molecular weight excluding hydrogens is 500 g/mol. The van der Waals surface area contributed by atoms with Crippen LogP contribution in [0.5, 0.6) is 11.5 Å². The molecular formula is C29H32N4O6. The average Bonchev–Trinajstić information content (AvgIpc) is 3.69. The van der Waals surface area contributed by atoms with Gasteiger partial charge in [0.15, 0.2) is 11.3 Å². The number of amides is 3. The molecule has 204 valence electrons. The van der Waals surface area contributed by atoms with Crippen LogP contribution >= 0.6 is 0 Å². The summed E-state index contributed by atoms with van der Waals surface area (Å²) in [5.74, 6) is 0.314. The quantitative estimate of drug-likeness (QED) is 0.456. The number of nitrogens with zero attached hydrogens (tertiary/aromatic N) is 2. The molecule has 3 aromatic rings. The van der Waals surface area contributed by atoms with E-state index >= 15 is 0 Å². The van der Waals surface area contributed by atoms with Crippen molar-refractivity contribution in [3.63, 3.8) is 0 Å². The summed E-state index contributed by atoms with van der Waals surface area (Å²) in [6.45, 7) is 2.23. The van der Waals surface area contributed by atoms with Crippen molar-refractivity contribution in [2.24, 2.45) is 5.92 Å². The number of furan rings is 1. The second-order valence-corrected chi connectivity index (χ2v) is 10.8. The van der Waals surface area contributed by atoms with Crippen LogP contribution in [-0.2, 0) is 11.3 Å². The number of hydrogen-bond acceptors (Lipinski definition) is 7. The number of ether oxygens (including phenoxy) is 2. The predicted octanol–water partition coefficient (Wildman–Crippen LogP) is 3.44. The lowest BCUT2D eigenvalue weighted by molar-refractivity contribution is -0.133. The lowest BCUT2D eigenvalue weighted by Gasteiger charge is -2.37. The summed E-state index contributed by atoms with van der Waals surface area (Å²) < 4.78 is 17.6. The van der Waals surface area contributed by atoms with E-state index < -0.39 is 11.4 Å². The van der Waals surface area contributed by atoms with Gasteiger partial charge in [-0.2, -0.15) is 0 Å². The van der Waals surface area contributed by atoms with Crippen LogP contribution in [-0.4, -0.2) is 59.4 Å². The van der Waals surface area contributed by atoms with Gasteiger partial charge in [-0.05, 0) is 75.3 Å². The molecule has 2 N–H and O–H groups in total. The van der Waals surface area contributed by atoms with E-state index in [4.69, 9.17) is 13.9 Å². The molecule has 3 heterocycles. The minimum absolute atomic E-state index is 0.0464. The van der Waals surface area contributed by atoms with Crippen molar-refractivity contribution in [3.8, 4) is 11.5 Å². The van der Waals surface area contributed by atoms with Gasteiger partial charge in [-0.15, -0.1) is 0 Å². The molecule has 0 saturated heterocycles. The largest absolute Gasteiger partial charge is 0.495 e. The van der Waals surface area contributed by atoms with Gasteiger partial charge in [0.1, 0.15) is 23.6 Å². The number of nitrogens with one attached hydrogen (secondary N) is 2. The minimum Gasteiger partial charge on any atom is -0.495 e. The van der Waals surface area contributed by atoms with Crippen LogP contribution in [0, 0.1) is 5.92 Å². The lowest BCUT2D eigenvalue weighted by atomic mass is 9.93. The van der Waals surface area contributed by atoms with Gasteiger partial charge in [0, 0.05) is 24.3 Å². The van der Waals surface area contributed by atoms with Gasteiger partial charge < -0.3 is 29.4 Å². The van der Waals surface area contributed by atoms with Crippen molar-refractivity contribution in [2.75, 3.05) is 20.3 Å². The van der Waals surface area contributed by atoms with Crippen LogP contribution in [0.25, 0.3) is 11.0 Å². The molecule has 0 spiro atoms. The average molecular weight is 533 g/mol. The topological polar surface area (TPSA) is 123 Å². The number of rotatable bonds is 8. The molecule has 3 aliphatic rings. The fourth-order valence-corrected chi connectivity index (χ4v) is 5.08. The maximum Gasteiger partial charge on any atom is 0.294 e. The summed E-state index contributed by atoms with van der Waals surface area (Å²) in [5.41, 5.74) is 0.172. The second kappa shape index (κ2) is 9.91. The van der Waals surface area contributed by atoms with Gasteiger partial charge in [-0.25, -0.2) is 0 Å².